The number of hydrogen-bond acceptors (Lipinski definition) is 5. The van der Waals surface area contributed by atoms with E-state index in [1.165, 1.54) is 41.5 Å². The van der Waals surface area contributed by atoms with Crippen molar-refractivity contribution in [2.45, 2.75) is 12.1 Å². The number of benzene rings is 1. The number of aromatic nitrogens is 1. The van der Waals surface area contributed by atoms with Gasteiger partial charge in [0.1, 0.15) is 18.7 Å². The van der Waals surface area contributed by atoms with Gasteiger partial charge in [0.15, 0.2) is 11.9 Å². The predicted molar refractivity (Wildman–Crippen MR) is 76.8 cm³/mol. The zero-order chi connectivity index (χ0) is 16.4. The van der Waals surface area contributed by atoms with Gasteiger partial charge in [-0.3, -0.25) is 9.59 Å². The topological polar surface area (TPSA) is 84.7 Å². The van der Waals surface area contributed by atoms with E-state index in [1.54, 1.807) is 7.05 Å². The number of nitrogens with one attached hydrogen (secondary N) is 1. The van der Waals surface area contributed by atoms with Crippen LogP contribution in [0.3, 0.4) is 0 Å². The molecule has 1 aliphatic heterocycles. The monoisotopic (exact) mass is 319 g/mol. The fraction of sp³-hybridized carbons (Fsp3) is 0.267. The third-order valence-electron chi connectivity index (χ3n) is 3.64. The third kappa shape index (κ3) is 3.07. The number of likely N-dealkylation sites (N-methyl/N-ethyl adjacent to an activating group) is 1. The second kappa shape index (κ2) is 6.17. The van der Waals surface area contributed by atoms with Crippen molar-refractivity contribution in [3.63, 3.8) is 0 Å². The Kier molecular flexibility index (Phi) is 4.07. The highest BCUT2D eigenvalue weighted by molar-refractivity contribution is 5.95. The summed E-state index contributed by atoms with van der Waals surface area (Å²) in [6.45, 7) is -0.203. The molecular weight excluding hydrogens is 305 g/mol. The van der Waals surface area contributed by atoms with Crippen molar-refractivity contribution in [1.29, 1.82) is 0 Å². The molecule has 1 aromatic heterocycles. The standard InChI is InChI=1S/C15H14FN3O4/c1-19-12(20)8-22-14(15(21)17-11-6-7-23-18-11)13(19)9-2-4-10(16)5-3-9/h2-7,13-14H,8H2,1H3,(H,17,18,21)/t13-,14-/m0/s1. The Morgan fingerprint density at radius 1 is 1.35 bits per heavy atom. The van der Waals surface area contributed by atoms with E-state index in [2.05, 4.69) is 15.0 Å². The van der Waals surface area contributed by atoms with E-state index >= 15 is 0 Å². The fourth-order valence-electron chi connectivity index (χ4n) is 2.46. The number of hydrogen-bond donors (Lipinski definition) is 1. The van der Waals surface area contributed by atoms with Gasteiger partial charge >= 0.3 is 0 Å². The molecule has 0 saturated carbocycles. The highest BCUT2D eigenvalue weighted by Gasteiger charge is 2.40. The quantitative estimate of drug-likeness (QED) is 0.923. The Morgan fingerprint density at radius 2 is 2.09 bits per heavy atom. The Hall–Kier alpha value is -2.74. The minimum Gasteiger partial charge on any atom is -0.363 e. The molecule has 2 heterocycles. The molecule has 0 unspecified atom stereocenters. The van der Waals surface area contributed by atoms with E-state index in [-0.39, 0.29) is 18.3 Å². The number of nitrogens with zero attached hydrogens (tertiary/aromatic N) is 2. The van der Waals surface area contributed by atoms with Crippen molar-refractivity contribution in [3.8, 4) is 0 Å². The molecule has 120 valence electrons. The smallest absolute Gasteiger partial charge is 0.257 e. The Balaban J connectivity index is 1.88. The van der Waals surface area contributed by atoms with Gasteiger partial charge in [-0.05, 0) is 17.7 Å². The molecule has 2 aromatic rings. The van der Waals surface area contributed by atoms with Crippen LogP contribution in [0, 0.1) is 5.82 Å². The van der Waals surface area contributed by atoms with Crippen LogP contribution in [0.5, 0.6) is 0 Å². The average Bonchev–Trinajstić information content (AvgIpc) is 3.04. The molecular formula is C15H14FN3O4. The van der Waals surface area contributed by atoms with Gasteiger partial charge in [0, 0.05) is 13.1 Å². The van der Waals surface area contributed by atoms with Gasteiger partial charge in [-0.25, -0.2) is 4.39 Å². The van der Waals surface area contributed by atoms with E-state index in [4.69, 9.17) is 4.74 Å². The molecule has 1 aliphatic rings. The first kappa shape index (κ1) is 15.2. The summed E-state index contributed by atoms with van der Waals surface area (Å²) in [6.07, 6.45) is 0.379. The van der Waals surface area contributed by atoms with Crippen LogP contribution in [0.2, 0.25) is 0 Å². The molecule has 23 heavy (non-hydrogen) atoms. The van der Waals surface area contributed by atoms with Gasteiger partial charge in [0.2, 0.25) is 5.91 Å². The van der Waals surface area contributed by atoms with Gasteiger partial charge in [-0.15, -0.1) is 0 Å². The lowest BCUT2D eigenvalue weighted by molar-refractivity contribution is -0.160. The largest absolute Gasteiger partial charge is 0.363 e. The number of amides is 2. The number of morpholine rings is 1. The molecule has 2 amide bonds. The van der Waals surface area contributed by atoms with Gasteiger partial charge in [-0.1, -0.05) is 17.3 Å². The summed E-state index contributed by atoms with van der Waals surface area (Å²) >= 11 is 0. The van der Waals surface area contributed by atoms with E-state index in [0.717, 1.165) is 0 Å². The van der Waals surface area contributed by atoms with E-state index in [1.807, 2.05) is 0 Å². The van der Waals surface area contributed by atoms with Gasteiger partial charge in [0.25, 0.3) is 5.91 Å². The van der Waals surface area contributed by atoms with E-state index in [9.17, 15) is 14.0 Å². The van der Waals surface area contributed by atoms with Crippen LogP contribution in [0.15, 0.2) is 41.1 Å². The molecule has 0 bridgehead atoms. The number of anilines is 1. The van der Waals surface area contributed by atoms with Gasteiger partial charge in [0.05, 0.1) is 6.04 Å². The third-order valence-corrected chi connectivity index (χ3v) is 3.64. The first-order valence-electron chi connectivity index (χ1n) is 6.90. The van der Waals surface area contributed by atoms with Crippen LogP contribution >= 0.6 is 0 Å². The molecule has 8 heteroatoms. The normalized spacial score (nSPS) is 21.3. The first-order chi connectivity index (χ1) is 11.1. The summed E-state index contributed by atoms with van der Waals surface area (Å²) < 4.78 is 23.2. The zero-order valence-corrected chi connectivity index (χ0v) is 12.2. The summed E-state index contributed by atoms with van der Waals surface area (Å²) in [5.41, 5.74) is 0.599. The molecule has 1 saturated heterocycles. The first-order valence-corrected chi connectivity index (χ1v) is 6.90. The minimum absolute atomic E-state index is 0.203. The maximum absolute atomic E-state index is 13.1. The second-order valence-corrected chi connectivity index (χ2v) is 5.11. The van der Waals surface area contributed by atoms with Crippen molar-refractivity contribution in [1.82, 2.24) is 10.1 Å². The highest BCUT2D eigenvalue weighted by Crippen LogP contribution is 2.29. The molecule has 0 aliphatic carbocycles. The Bertz CT molecular complexity index is 702. The number of carbonyl (C=O) groups excluding carboxylic acids is 2. The van der Waals surface area contributed by atoms with Crippen molar-refractivity contribution >= 4 is 17.6 Å². The molecule has 3 rings (SSSR count). The van der Waals surface area contributed by atoms with Crippen LogP contribution in [0.25, 0.3) is 0 Å². The van der Waals surface area contributed by atoms with E-state index < -0.39 is 23.9 Å². The summed E-state index contributed by atoms with van der Waals surface area (Å²) in [7, 11) is 1.58. The van der Waals surface area contributed by atoms with Crippen molar-refractivity contribution < 1.29 is 23.2 Å². The van der Waals surface area contributed by atoms with Gasteiger partial charge < -0.3 is 19.5 Å². The van der Waals surface area contributed by atoms with Crippen LogP contribution in [-0.2, 0) is 14.3 Å². The maximum atomic E-state index is 13.1. The SMILES string of the molecule is CN1C(=O)CO[C@H](C(=O)Nc2ccon2)[C@@H]1c1ccc(F)cc1. The fourth-order valence-corrected chi connectivity index (χ4v) is 2.46. The van der Waals surface area contributed by atoms with Crippen LogP contribution in [0.4, 0.5) is 10.2 Å². The van der Waals surface area contributed by atoms with Crippen molar-refractivity contribution in [2.24, 2.45) is 0 Å². The molecule has 1 N–H and O–H groups in total. The van der Waals surface area contributed by atoms with Crippen molar-refractivity contribution in [3.05, 3.63) is 48.0 Å². The number of ether oxygens (including phenoxy) is 1. The van der Waals surface area contributed by atoms with Crippen LogP contribution in [0.1, 0.15) is 11.6 Å². The zero-order valence-electron chi connectivity index (χ0n) is 12.2. The lowest BCUT2D eigenvalue weighted by Crippen LogP contribution is -2.51. The Labute approximate surface area is 131 Å². The lowest BCUT2D eigenvalue weighted by Gasteiger charge is -2.38. The number of rotatable bonds is 3. The van der Waals surface area contributed by atoms with Crippen LogP contribution in [-0.4, -0.2) is 41.6 Å². The second-order valence-electron chi connectivity index (χ2n) is 5.11. The van der Waals surface area contributed by atoms with Gasteiger partial charge in [-0.2, -0.15) is 0 Å². The van der Waals surface area contributed by atoms with Crippen LogP contribution < -0.4 is 5.32 Å². The predicted octanol–water partition coefficient (Wildman–Crippen LogP) is 1.35. The molecule has 0 radical (unpaired) electrons. The van der Waals surface area contributed by atoms with Crippen molar-refractivity contribution in [2.75, 3.05) is 19.0 Å². The maximum Gasteiger partial charge on any atom is 0.257 e. The molecule has 1 aromatic carbocycles. The summed E-state index contributed by atoms with van der Waals surface area (Å²) in [5.74, 6) is -0.878. The Morgan fingerprint density at radius 3 is 2.74 bits per heavy atom. The summed E-state index contributed by atoms with van der Waals surface area (Å²) in [5, 5.41) is 6.16. The highest BCUT2D eigenvalue weighted by atomic mass is 19.1. The number of carbonyl (C=O) groups is 2. The lowest BCUT2D eigenvalue weighted by atomic mass is 9.97. The molecule has 1 fully saturated rings. The number of halogens is 1. The minimum atomic E-state index is -0.945. The molecule has 7 nitrogen and oxygen atoms in total. The van der Waals surface area contributed by atoms with E-state index in [0.29, 0.717) is 5.56 Å². The average molecular weight is 319 g/mol. The summed E-state index contributed by atoms with van der Waals surface area (Å²) in [6, 6.07) is 6.42. The summed E-state index contributed by atoms with van der Waals surface area (Å²) in [4.78, 5) is 25.8. The molecule has 0 spiro atoms. The molecule has 2 atom stereocenters.